The van der Waals surface area contributed by atoms with Crippen molar-refractivity contribution >= 4 is 11.5 Å². The third-order valence-corrected chi connectivity index (χ3v) is 5.13. The minimum Gasteiger partial charge on any atom is -0.457 e. The van der Waals surface area contributed by atoms with Crippen LogP contribution >= 0.6 is 0 Å². The number of Topliss-reactive ketones (excluding diaryl/α,β-unsaturated/α-hetero) is 1. The molecule has 0 atom stereocenters. The summed E-state index contributed by atoms with van der Waals surface area (Å²) in [5.74, 6) is 1.75. The number of aromatic nitrogens is 1. The lowest BCUT2D eigenvalue weighted by molar-refractivity contribution is 0.0972. The molecule has 0 amide bonds. The number of hydrogen-bond donors (Lipinski definition) is 1. The molecule has 1 aliphatic rings. The van der Waals surface area contributed by atoms with Crippen LogP contribution < -0.4 is 10.5 Å². The number of para-hydroxylation sites is 1. The number of nitrogens with two attached hydrogens (primary N) is 1. The predicted octanol–water partition coefficient (Wildman–Crippen LogP) is 4.89. The maximum absolute atomic E-state index is 12.5. The molecule has 3 aromatic rings. The third-order valence-electron chi connectivity index (χ3n) is 5.13. The number of ketones is 1. The second kappa shape index (κ2) is 6.37. The van der Waals surface area contributed by atoms with Gasteiger partial charge in [-0.05, 0) is 55.7 Å². The van der Waals surface area contributed by atoms with E-state index >= 15 is 0 Å². The molecule has 26 heavy (non-hydrogen) atoms. The highest BCUT2D eigenvalue weighted by Crippen LogP contribution is 2.41. The standard InChI is InChI=1S/C22H22N2O2/c1-14-21-17(9-6-10-19(21)25)22(24(14)2)18-13-15(23)11-12-20(18)26-16-7-4-3-5-8-16/h3-5,7-8,11-13H,6,9-10,23H2,1-2H3. The molecule has 0 unspecified atom stereocenters. The number of ether oxygens (including phenoxy) is 1. The fourth-order valence-electron chi connectivity index (χ4n) is 3.82. The summed E-state index contributed by atoms with van der Waals surface area (Å²) in [7, 11) is 2.01. The van der Waals surface area contributed by atoms with Crippen molar-refractivity contribution < 1.29 is 9.53 Å². The van der Waals surface area contributed by atoms with Crippen LogP contribution in [0, 0.1) is 6.92 Å². The van der Waals surface area contributed by atoms with Crippen molar-refractivity contribution in [3.8, 4) is 22.8 Å². The molecular formula is C22H22N2O2. The van der Waals surface area contributed by atoms with Gasteiger partial charge in [0.1, 0.15) is 11.5 Å². The van der Waals surface area contributed by atoms with E-state index in [1.165, 1.54) is 0 Å². The van der Waals surface area contributed by atoms with Crippen LogP contribution in [-0.2, 0) is 13.5 Å². The molecule has 4 nitrogen and oxygen atoms in total. The summed E-state index contributed by atoms with van der Waals surface area (Å²) >= 11 is 0. The van der Waals surface area contributed by atoms with E-state index in [2.05, 4.69) is 4.57 Å². The van der Waals surface area contributed by atoms with Gasteiger partial charge in [-0.1, -0.05) is 18.2 Å². The Morgan fingerprint density at radius 1 is 1.08 bits per heavy atom. The number of hydrogen-bond acceptors (Lipinski definition) is 3. The van der Waals surface area contributed by atoms with Gasteiger partial charge < -0.3 is 15.0 Å². The van der Waals surface area contributed by atoms with E-state index in [0.717, 1.165) is 52.4 Å². The summed E-state index contributed by atoms with van der Waals surface area (Å²) in [6, 6.07) is 15.4. The molecule has 2 N–H and O–H groups in total. The van der Waals surface area contributed by atoms with E-state index in [1.54, 1.807) is 0 Å². The Labute approximate surface area is 153 Å². The molecule has 0 saturated carbocycles. The Bertz CT molecular complexity index is 987. The van der Waals surface area contributed by atoms with Gasteiger partial charge in [0.15, 0.2) is 5.78 Å². The Kier molecular flexibility index (Phi) is 4.03. The van der Waals surface area contributed by atoms with Gasteiger partial charge in [-0.3, -0.25) is 4.79 Å². The average Bonchev–Trinajstić information content (AvgIpc) is 2.89. The fraction of sp³-hybridized carbons (Fsp3) is 0.227. The molecule has 132 valence electrons. The van der Waals surface area contributed by atoms with Crippen LogP contribution in [0.1, 0.15) is 34.5 Å². The Morgan fingerprint density at radius 2 is 1.85 bits per heavy atom. The van der Waals surface area contributed by atoms with Crippen LogP contribution in [0.3, 0.4) is 0 Å². The van der Waals surface area contributed by atoms with Gasteiger partial charge in [0.25, 0.3) is 0 Å². The SMILES string of the molecule is Cc1c2c(c(-c3cc(N)ccc3Oc3ccccc3)n1C)CCCC2=O. The lowest BCUT2D eigenvalue weighted by atomic mass is 9.89. The van der Waals surface area contributed by atoms with Crippen molar-refractivity contribution in [2.75, 3.05) is 5.73 Å². The number of anilines is 1. The monoisotopic (exact) mass is 346 g/mol. The maximum Gasteiger partial charge on any atom is 0.164 e. The van der Waals surface area contributed by atoms with Crippen LogP contribution in [0.25, 0.3) is 11.3 Å². The van der Waals surface area contributed by atoms with E-state index in [1.807, 2.05) is 62.5 Å². The molecule has 0 spiro atoms. The second-order valence-electron chi connectivity index (χ2n) is 6.79. The topological polar surface area (TPSA) is 57.2 Å². The summed E-state index contributed by atoms with van der Waals surface area (Å²) in [4.78, 5) is 12.5. The smallest absolute Gasteiger partial charge is 0.164 e. The first-order valence-electron chi connectivity index (χ1n) is 8.90. The van der Waals surface area contributed by atoms with Crippen molar-refractivity contribution in [1.29, 1.82) is 0 Å². The first kappa shape index (κ1) is 16.5. The predicted molar refractivity (Wildman–Crippen MR) is 104 cm³/mol. The zero-order valence-electron chi connectivity index (χ0n) is 15.1. The zero-order valence-corrected chi connectivity index (χ0v) is 15.1. The number of carbonyl (C=O) groups is 1. The Morgan fingerprint density at radius 3 is 2.62 bits per heavy atom. The van der Waals surface area contributed by atoms with E-state index in [-0.39, 0.29) is 5.78 Å². The third kappa shape index (κ3) is 2.68. The van der Waals surface area contributed by atoms with Gasteiger partial charge in [-0.15, -0.1) is 0 Å². The summed E-state index contributed by atoms with van der Waals surface area (Å²) in [6.45, 7) is 2.01. The minimum atomic E-state index is 0.236. The summed E-state index contributed by atoms with van der Waals surface area (Å²) in [6.07, 6.45) is 2.42. The fourth-order valence-corrected chi connectivity index (χ4v) is 3.82. The van der Waals surface area contributed by atoms with Crippen LogP contribution in [0.2, 0.25) is 0 Å². The number of fused-ring (bicyclic) bond motifs is 1. The quantitative estimate of drug-likeness (QED) is 0.687. The molecule has 4 heteroatoms. The summed E-state index contributed by atoms with van der Waals surface area (Å²) in [5.41, 5.74) is 11.7. The van der Waals surface area contributed by atoms with Crippen molar-refractivity contribution in [1.82, 2.24) is 4.57 Å². The molecule has 4 rings (SSSR count). The molecule has 0 fully saturated rings. The molecule has 1 heterocycles. The molecule has 0 radical (unpaired) electrons. The number of nitrogen functional groups attached to an aromatic ring is 1. The van der Waals surface area contributed by atoms with Gasteiger partial charge in [0.2, 0.25) is 0 Å². The number of benzene rings is 2. The van der Waals surface area contributed by atoms with Crippen molar-refractivity contribution in [3.05, 3.63) is 65.4 Å². The zero-order chi connectivity index (χ0) is 18.3. The van der Waals surface area contributed by atoms with Crippen LogP contribution in [0.15, 0.2) is 48.5 Å². The number of rotatable bonds is 3. The molecule has 0 saturated heterocycles. The highest BCUT2D eigenvalue weighted by atomic mass is 16.5. The number of carbonyl (C=O) groups excluding carboxylic acids is 1. The largest absolute Gasteiger partial charge is 0.457 e. The summed E-state index contributed by atoms with van der Waals surface area (Å²) in [5, 5.41) is 0. The van der Waals surface area contributed by atoms with Crippen LogP contribution in [-0.4, -0.2) is 10.4 Å². The second-order valence-corrected chi connectivity index (χ2v) is 6.79. The highest BCUT2D eigenvalue weighted by molar-refractivity contribution is 6.02. The molecule has 1 aromatic heterocycles. The van der Waals surface area contributed by atoms with E-state index in [9.17, 15) is 4.79 Å². The first-order valence-corrected chi connectivity index (χ1v) is 8.90. The van der Waals surface area contributed by atoms with Crippen molar-refractivity contribution in [2.24, 2.45) is 7.05 Å². The molecule has 2 aromatic carbocycles. The van der Waals surface area contributed by atoms with Gasteiger partial charge in [0, 0.05) is 36.0 Å². The van der Waals surface area contributed by atoms with Crippen LogP contribution in [0.5, 0.6) is 11.5 Å². The molecular weight excluding hydrogens is 324 g/mol. The van der Waals surface area contributed by atoms with Gasteiger partial charge in [-0.2, -0.15) is 0 Å². The lowest BCUT2D eigenvalue weighted by Crippen LogP contribution is -2.10. The Balaban J connectivity index is 1.90. The minimum absolute atomic E-state index is 0.236. The van der Waals surface area contributed by atoms with Gasteiger partial charge in [0.05, 0.1) is 5.69 Å². The first-order chi connectivity index (χ1) is 12.6. The van der Waals surface area contributed by atoms with Gasteiger partial charge >= 0.3 is 0 Å². The highest BCUT2D eigenvalue weighted by Gasteiger charge is 2.28. The molecule has 1 aliphatic carbocycles. The Hall–Kier alpha value is -3.01. The van der Waals surface area contributed by atoms with Crippen molar-refractivity contribution in [3.63, 3.8) is 0 Å². The van der Waals surface area contributed by atoms with Crippen molar-refractivity contribution in [2.45, 2.75) is 26.2 Å². The van der Waals surface area contributed by atoms with E-state index < -0.39 is 0 Å². The molecule has 0 bridgehead atoms. The van der Waals surface area contributed by atoms with E-state index in [0.29, 0.717) is 12.1 Å². The normalized spacial score (nSPS) is 13.5. The maximum atomic E-state index is 12.5. The van der Waals surface area contributed by atoms with Crippen LogP contribution in [0.4, 0.5) is 5.69 Å². The molecule has 0 aliphatic heterocycles. The summed E-state index contributed by atoms with van der Waals surface area (Å²) < 4.78 is 8.24. The number of nitrogens with zero attached hydrogens (tertiary/aromatic N) is 1. The lowest BCUT2D eigenvalue weighted by Gasteiger charge is -2.16. The van der Waals surface area contributed by atoms with Gasteiger partial charge in [-0.25, -0.2) is 0 Å². The average molecular weight is 346 g/mol. The van der Waals surface area contributed by atoms with E-state index in [4.69, 9.17) is 10.5 Å².